The molecule has 0 amide bonds. The fourth-order valence-electron chi connectivity index (χ4n) is 3.30. The minimum Gasteiger partial charge on any atom is -0.396 e. The first kappa shape index (κ1) is 19.2. The maximum absolute atomic E-state index is 13.7. The van der Waals surface area contributed by atoms with Gasteiger partial charge in [-0.3, -0.25) is 0 Å². The van der Waals surface area contributed by atoms with Gasteiger partial charge in [-0.05, 0) is 59.2 Å². The molecule has 3 aromatic carbocycles. The molecule has 0 aliphatic heterocycles. The summed E-state index contributed by atoms with van der Waals surface area (Å²) in [4.78, 5) is 0. The predicted molar refractivity (Wildman–Crippen MR) is 106 cm³/mol. The average Bonchev–Trinajstić information content (AvgIpc) is 2.70. The van der Waals surface area contributed by atoms with Crippen molar-refractivity contribution in [2.24, 2.45) is 0 Å². The van der Waals surface area contributed by atoms with Crippen molar-refractivity contribution in [3.05, 3.63) is 83.9 Å². The molecule has 0 saturated heterocycles. The molecule has 0 heterocycles. The van der Waals surface area contributed by atoms with Crippen LogP contribution in [0.1, 0.15) is 31.2 Å². The standard InChI is InChI=1S/C24H24F2O/c25-23-15-14-20(17-24(23)26)22-9-5-4-8-21(22)19-12-10-18(11-13-19)7-3-1-2-6-16-27/h4-5,8-15,17,27H,1-3,6-7,16H2. The Labute approximate surface area is 159 Å². The van der Waals surface area contributed by atoms with E-state index in [2.05, 4.69) is 24.3 Å². The van der Waals surface area contributed by atoms with E-state index in [4.69, 9.17) is 5.11 Å². The van der Waals surface area contributed by atoms with Crippen LogP contribution in [0.25, 0.3) is 22.3 Å². The molecule has 0 unspecified atom stereocenters. The topological polar surface area (TPSA) is 20.2 Å². The van der Waals surface area contributed by atoms with Crippen molar-refractivity contribution >= 4 is 0 Å². The molecule has 0 aliphatic rings. The zero-order chi connectivity index (χ0) is 19.1. The van der Waals surface area contributed by atoms with E-state index >= 15 is 0 Å². The third kappa shape index (κ3) is 5.01. The molecule has 3 heteroatoms. The van der Waals surface area contributed by atoms with Crippen molar-refractivity contribution < 1.29 is 13.9 Å². The van der Waals surface area contributed by atoms with E-state index in [0.717, 1.165) is 48.8 Å². The Hall–Kier alpha value is -2.52. The number of aliphatic hydroxyl groups excluding tert-OH is 1. The maximum atomic E-state index is 13.7. The SMILES string of the molecule is OCCCCCCc1ccc(-c2ccccc2-c2ccc(F)c(F)c2)cc1. The van der Waals surface area contributed by atoms with Gasteiger partial charge in [-0.1, -0.05) is 67.4 Å². The molecular weight excluding hydrogens is 342 g/mol. The Morgan fingerprint density at radius 2 is 1.26 bits per heavy atom. The molecule has 1 N–H and O–H groups in total. The number of unbranched alkanes of at least 4 members (excludes halogenated alkanes) is 3. The molecule has 0 spiro atoms. The normalized spacial score (nSPS) is 10.9. The number of aryl methyl sites for hydroxylation is 1. The van der Waals surface area contributed by atoms with E-state index in [1.165, 1.54) is 17.7 Å². The Bertz CT molecular complexity index is 872. The molecule has 0 bridgehead atoms. The average molecular weight is 366 g/mol. The lowest BCUT2D eigenvalue weighted by Crippen LogP contribution is -1.90. The second-order valence-electron chi connectivity index (χ2n) is 6.76. The molecule has 0 aliphatic carbocycles. The van der Waals surface area contributed by atoms with E-state index in [0.29, 0.717) is 5.56 Å². The lowest BCUT2D eigenvalue weighted by atomic mass is 9.93. The largest absolute Gasteiger partial charge is 0.396 e. The quantitative estimate of drug-likeness (QED) is 0.458. The van der Waals surface area contributed by atoms with Gasteiger partial charge in [0.25, 0.3) is 0 Å². The van der Waals surface area contributed by atoms with Crippen LogP contribution in [-0.4, -0.2) is 11.7 Å². The fourth-order valence-corrected chi connectivity index (χ4v) is 3.30. The van der Waals surface area contributed by atoms with Crippen LogP contribution in [0, 0.1) is 11.6 Å². The van der Waals surface area contributed by atoms with Gasteiger partial charge in [0.2, 0.25) is 0 Å². The van der Waals surface area contributed by atoms with Crippen LogP contribution >= 0.6 is 0 Å². The third-order valence-corrected chi connectivity index (χ3v) is 4.80. The van der Waals surface area contributed by atoms with E-state index in [-0.39, 0.29) is 6.61 Å². The molecule has 0 saturated carbocycles. The Kier molecular flexibility index (Phi) is 6.72. The van der Waals surface area contributed by atoms with Gasteiger partial charge in [-0.25, -0.2) is 8.78 Å². The summed E-state index contributed by atoms with van der Waals surface area (Å²) in [5, 5.41) is 8.82. The second-order valence-corrected chi connectivity index (χ2v) is 6.76. The molecule has 27 heavy (non-hydrogen) atoms. The molecule has 0 atom stereocenters. The van der Waals surface area contributed by atoms with Gasteiger partial charge in [0.05, 0.1) is 0 Å². The zero-order valence-corrected chi connectivity index (χ0v) is 15.3. The van der Waals surface area contributed by atoms with Crippen molar-refractivity contribution in [1.29, 1.82) is 0 Å². The van der Waals surface area contributed by atoms with Crippen LogP contribution in [-0.2, 0) is 6.42 Å². The van der Waals surface area contributed by atoms with E-state index < -0.39 is 11.6 Å². The first-order valence-corrected chi connectivity index (χ1v) is 9.43. The smallest absolute Gasteiger partial charge is 0.159 e. The maximum Gasteiger partial charge on any atom is 0.159 e. The van der Waals surface area contributed by atoms with Crippen LogP contribution in [0.3, 0.4) is 0 Å². The monoisotopic (exact) mass is 366 g/mol. The van der Waals surface area contributed by atoms with Crippen LogP contribution in [0.5, 0.6) is 0 Å². The summed E-state index contributed by atoms with van der Waals surface area (Å²) in [6.45, 7) is 0.270. The summed E-state index contributed by atoms with van der Waals surface area (Å²) < 4.78 is 26.9. The molecule has 0 aromatic heterocycles. The number of hydrogen-bond donors (Lipinski definition) is 1. The summed E-state index contributed by atoms with van der Waals surface area (Å²) in [6.07, 6.45) is 5.21. The Morgan fingerprint density at radius 3 is 1.93 bits per heavy atom. The second kappa shape index (κ2) is 9.43. The van der Waals surface area contributed by atoms with Gasteiger partial charge in [-0.15, -0.1) is 0 Å². The lowest BCUT2D eigenvalue weighted by Gasteiger charge is -2.11. The number of benzene rings is 3. The third-order valence-electron chi connectivity index (χ3n) is 4.80. The molecule has 3 rings (SSSR count). The predicted octanol–water partition coefficient (Wildman–Crippen LogP) is 6.39. The summed E-state index contributed by atoms with van der Waals surface area (Å²) in [6, 6.07) is 20.2. The number of rotatable bonds is 8. The minimum absolute atomic E-state index is 0.270. The summed E-state index contributed by atoms with van der Waals surface area (Å²) in [5.41, 5.74) is 4.89. The van der Waals surface area contributed by atoms with E-state index in [1.807, 2.05) is 24.3 Å². The highest BCUT2D eigenvalue weighted by molar-refractivity contribution is 5.83. The van der Waals surface area contributed by atoms with Gasteiger partial charge in [0, 0.05) is 6.61 Å². The van der Waals surface area contributed by atoms with E-state index in [9.17, 15) is 8.78 Å². The van der Waals surface area contributed by atoms with Gasteiger partial charge < -0.3 is 5.11 Å². The lowest BCUT2D eigenvalue weighted by molar-refractivity contribution is 0.282. The number of halogens is 2. The van der Waals surface area contributed by atoms with Crippen LogP contribution < -0.4 is 0 Å². The molecule has 140 valence electrons. The van der Waals surface area contributed by atoms with Crippen molar-refractivity contribution in [1.82, 2.24) is 0 Å². The Morgan fingerprint density at radius 1 is 0.630 bits per heavy atom. The minimum atomic E-state index is -0.834. The number of hydrogen-bond acceptors (Lipinski definition) is 1. The fraction of sp³-hybridized carbons (Fsp3) is 0.250. The zero-order valence-electron chi connectivity index (χ0n) is 15.3. The van der Waals surface area contributed by atoms with Crippen LogP contribution in [0.2, 0.25) is 0 Å². The van der Waals surface area contributed by atoms with E-state index in [1.54, 1.807) is 6.07 Å². The summed E-state index contributed by atoms with van der Waals surface area (Å²) in [5.74, 6) is -1.67. The number of aliphatic hydroxyl groups is 1. The highest BCUT2D eigenvalue weighted by atomic mass is 19.2. The van der Waals surface area contributed by atoms with Crippen molar-refractivity contribution in [2.45, 2.75) is 32.1 Å². The first-order chi connectivity index (χ1) is 13.2. The van der Waals surface area contributed by atoms with Gasteiger partial charge in [0.1, 0.15) is 0 Å². The van der Waals surface area contributed by atoms with Crippen molar-refractivity contribution in [2.75, 3.05) is 6.61 Å². The van der Waals surface area contributed by atoms with Crippen molar-refractivity contribution in [3.63, 3.8) is 0 Å². The summed E-state index contributed by atoms with van der Waals surface area (Å²) in [7, 11) is 0. The van der Waals surface area contributed by atoms with Gasteiger partial charge in [-0.2, -0.15) is 0 Å². The molecule has 0 radical (unpaired) electrons. The highest BCUT2D eigenvalue weighted by Gasteiger charge is 2.10. The summed E-state index contributed by atoms with van der Waals surface area (Å²) >= 11 is 0. The first-order valence-electron chi connectivity index (χ1n) is 9.43. The molecular formula is C24H24F2O. The van der Waals surface area contributed by atoms with Gasteiger partial charge >= 0.3 is 0 Å². The van der Waals surface area contributed by atoms with Crippen LogP contribution in [0.4, 0.5) is 8.78 Å². The molecule has 0 fully saturated rings. The van der Waals surface area contributed by atoms with Gasteiger partial charge in [0.15, 0.2) is 11.6 Å². The molecule has 3 aromatic rings. The highest BCUT2D eigenvalue weighted by Crippen LogP contribution is 2.32. The Balaban J connectivity index is 1.78. The molecule has 1 nitrogen and oxygen atoms in total. The van der Waals surface area contributed by atoms with Crippen LogP contribution in [0.15, 0.2) is 66.7 Å². The van der Waals surface area contributed by atoms with Crippen molar-refractivity contribution in [3.8, 4) is 22.3 Å².